The molecule has 106 valence electrons. The lowest BCUT2D eigenvalue weighted by Crippen LogP contribution is -1.96. The van der Waals surface area contributed by atoms with Crippen molar-refractivity contribution in [2.75, 3.05) is 5.73 Å². The van der Waals surface area contributed by atoms with Crippen LogP contribution in [0.5, 0.6) is 11.5 Å². The summed E-state index contributed by atoms with van der Waals surface area (Å²) in [7, 11) is 0. The van der Waals surface area contributed by atoms with Gasteiger partial charge >= 0.3 is 0 Å². The van der Waals surface area contributed by atoms with E-state index in [1.165, 1.54) is 18.2 Å². The van der Waals surface area contributed by atoms with Gasteiger partial charge < -0.3 is 10.5 Å². The second-order valence-corrected chi connectivity index (χ2v) is 4.53. The molecule has 3 aromatic rings. The molecule has 21 heavy (non-hydrogen) atoms. The number of fused-ring (bicyclic) bond motifs is 1. The maximum Gasteiger partial charge on any atom is 0.267 e. The van der Waals surface area contributed by atoms with Gasteiger partial charge in [0, 0.05) is 17.3 Å². The Morgan fingerprint density at radius 1 is 1.00 bits per heavy atom. The topological polar surface area (TPSA) is 48.1 Å². The van der Waals surface area contributed by atoms with Gasteiger partial charge in [-0.05, 0) is 30.3 Å². The van der Waals surface area contributed by atoms with Crippen molar-refractivity contribution in [2.45, 2.75) is 6.43 Å². The Bertz CT molecular complexity index is 785. The number of nitrogen functional groups attached to an aromatic ring is 1. The summed E-state index contributed by atoms with van der Waals surface area (Å²) in [6.45, 7) is 0. The molecule has 0 aliphatic carbocycles. The highest BCUT2D eigenvalue weighted by atomic mass is 19.3. The summed E-state index contributed by atoms with van der Waals surface area (Å²) >= 11 is 0. The first-order valence-electron chi connectivity index (χ1n) is 6.34. The Morgan fingerprint density at radius 2 is 1.81 bits per heavy atom. The van der Waals surface area contributed by atoms with Gasteiger partial charge in [0.1, 0.15) is 11.3 Å². The van der Waals surface area contributed by atoms with E-state index in [2.05, 4.69) is 4.98 Å². The van der Waals surface area contributed by atoms with Crippen LogP contribution in [0.4, 0.5) is 14.5 Å². The molecule has 0 bridgehead atoms. The molecular formula is C16H12F2N2O. The summed E-state index contributed by atoms with van der Waals surface area (Å²) in [6.07, 6.45) is -1.03. The van der Waals surface area contributed by atoms with E-state index < -0.39 is 6.43 Å². The number of pyridine rings is 1. The minimum absolute atomic E-state index is 0.0809. The summed E-state index contributed by atoms with van der Waals surface area (Å²) in [5.74, 6) is 0.511. The smallest absolute Gasteiger partial charge is 0.267 e. The SMILES string of the molecule is Nc1ccc(Oc2cccc3cccnc23)c(C(F)F)c1. The molecule has 5 heteroatoms. The summed E-state index contributed by atoms with van der Waals surface area (Å²) in [5, 5.41) is 0.879. The number of halogens is 2. The predicted octanol–water partition coefficient (Wildman–Crippen LogP) is 4.55. The molecule has 1 aromatic heterocycles. The summed E-state index contributed by atoms with van der Waals surface area (Å²) < 4.78 is 31.8. The number of nitrogens with two attached hydrogens (primary N) is 1. The van der Waals surface area contributed by atoms with Crippen LogP contribution < -0.4 is 10.5 Å². The number of hydrogen-bond acceptors (Lipinski definition) is 3. The minimum atomic E-state index is -2.66. The van der Waals surface area contributed by atoms with E-state index in [0.717, 1.165) is 5.39 Å². The van der Waals surface area contributed by atoms with Crippen LogP contribution in [0.15, 0.2) is 54.7 Å². The van der Waals surface area contributed by atoms with Crippen LogP contribution in [0.1, 0.15) is 12.0 Å². The van der Waals surface area contributed by atoms with E-state index in [1.807, 2.05) is 12.1 Å². The number of aromatic nitrogens is 1. The number of nitrogens with zero attached hydrogens (tertiary/aromatic N) is 1. The molecule has 0 saturated heterocycles. The molecule has 0 amide bonds. The molecule has 0 unspecified atom stereocenters. The predicted molar refractivity (Wildman–Crippen MR) is 77.6 cm³/mol. The monoisotopic (exact) mass is 286 g/mol. The summed E-state index contributed by atoms with van der Waals surface area (Å²) in [6, 6.07) is 13.2. The van der Waals surface area contributed by atoms with Crippen LogP contribution in [0, 0.1) is 0 Å². The van der Waals surface area contributed by atoms with E-state index in [-0.39, 0.29) is 17.0 Å². The molecule has 2 N–H and O–H groups in total. The van der Waals surface area contributed by atoms with E-state index >= 15 is 0 Å². The van der Waals surface area contributed by atoms with Gasteiger partial charge in [0.2, 0.25) is 0 Å². The normalized spacial score (nSPS) is 11.0. The van der Waals surface area contributed by atoms with Gasteiger partial charge in [0.05, 0.1) is 5.56 Å². The maximum absolute atomic E-state index is 13.1. The van der Waals surface area contributed by atoms with Crippen molar-refractivity contribution in [3.05, 3.63) is 60.3 Å². The zero-order valence-corrected chi connectivity index (χ0v) is 11.0. The number of benzene rings is 2. The average Bonchev–Trinajstić information content (AvgIpc) is 2.49. The zero-order valence-electron chi connectivity index (χ0n) is 11.0. The highest BCUT2D eigenvalue weighted by Gasteiger charge is 2.16. The molecular weight excluding hydrogens is 274 g/mol. The first kappa shape index (κ1) is 13.3. The molecule has 0 radical (unpaired) electrons. The van der Waals surface area contributed by atoms with Gasteiger partial charge in [0.25, 0.3) is 6.43 Å². The molecule has 3 nitrogen and oxygen atoms in total. The second-order valence-electron chi connectivity index (χ2n) is 4.53. The van der Waals surface area contributed by atoms with Crippen molar-refractivity contribution >= 4 is 16.6 Å². The van der Waals surface area contributed by atoms with Gasteiger partial charge in [-0.15, -0.1) is 0 Å². The van der Waals surface area contributed by atoms with Gasteiger partial charge in [0.15, 0.2) is 5.75 Å². The number of anilines is 1. The quantitative estimate of drug-likeness (QED) is 0.719. The highest BCUT2D eigenvalue weighted by molar-refractivity contribution is 5.84. The third-order valence-corrected chi connectivity index (χ3v) is 3.08. The van der Waals surface area contributed by atoms with Crippen molar-refractivity contribution in [3.8, 4) is 11.5 Å². The van der Waals surface area contributed by atoms with E-state index in [1.54, 1.807) is 24.4 Å². The molecule has 0 saturated carbocycles. The van der Waals surface area contributed by atoms with Crippen LogP contribution in [-0.2, 0) is 0 Å². The van der Waals surface area contributed by atoms with Crippen molar-refractivity contribution < 1.29 is 13.5 Å². The number of ether oxygens (including phenoxy) is 1. The lowest BCUT2D eigenvalue weighted by atomic mass is 10.1. The van der Waals surface area contributed by atoms with Gasteiger partial charge in [-0.25, -0.2) is 8.78 Å². The van der Waals surface area contributed by atoms with Crippen LogP contribution in [0.2, 0.25) is 0 Å². The average molecular weight is 286 g/mol. The van der Waals surface area contributed by atoms with Gasteiger partial charge in [-0.2, -0.15) is 0 Å². The van der Waals surface area contributed by atoms with Crippen LogP contribution in [0.25, 0.3) is 10.9 Å². The Labute approximate surface area is 120 Å². The fourth-order valence-electron chi connectivity index (χ4n) is 2.11. The van der Waals surface area contributed by atoms with Crippen molar-refractivity contribution in [1.29, 1.82) is 0 Å². The number of rotatable bonds is 3. The van der Waals surface area contributed by atoms with Crippen LogP contribution >= 0.6 is 0 Å². The van der Waals surface area contributed by atoms with Crippen molar-refractivity contribution in [3.63, 3.8) is 0 Å². The standard InChI is InChI=1S/C16H12F2N2O/c17-16(18)12-9-11(19)6-7-13(12)21-14-5-1-3-10-4-2-8-20-15(10)14/h1-9,16H,19H2. The van der Waals surface area contributed by atoms with E-state index in [0.29, 0.717) is 11.3 Å². The zero-order chi connectivity index (χ0) is 14.8. The molecule has 1 heterocycles. The Hall–Kier alpha value is -2.69. The van der Waals surface area contributed by atoms with Crippen LogP contribution in [0.3, 0.4) is 0 Å². The Morgan fingerprint density at radius 3 is 2.62 bits per heavy atom. The first-order valence-corrected chi connectivity index (χ1v) is 6.34. The molecule has 0 spiro atoms. The largest absolute Gasteiger partial charge is 0.455 e. The van der Waals surface area contributed by atoms with Gasteiger partial charge in [-0.1, -0.05) is 18.2 Å². The van der Waals surface area contributed by atoms with Crippen LogP contribution in [-0.4, -0.2) is 4.98 Å². The number of para-hydroxylation sites is 1. The fourth-order valence-corrected chi connectivity index (χ4v) is 2.11. The third kappa shape index (κ3) is 2.63. The minimum Gasteiger partial charge on any atom is -0.455 e. The number of alkyl halides is 2. The van der Waals surface area contributed by atoms with Crippen molar-refractivity contribution in [1.82, 2.24) is 4.98 Å². The first-order chi connectivity index (χ1) is 10.1. The van der Waals surface area contributed by atoms with Crippen molar-refractivity contribution in [2.24, 2.45) is 0 Å². The lowest BCUT2D eigenvalue weighted by molar-refractivity contribution is 0.148. The Kier molecular flexibility index (Phi) is 3.39. The van der Waals surface area contributed by atoms with E-state index in [4.69, 9.17) is 10.5 Å². The third-order valence-electron chi connectivity index (χ3n) is 3.08. The fraction of sp³-hybridized carbons (Fsp3) is 0.0625. The molecule has 0 atom stereocenters. The highest BCUT2D eigenvalue weighted by Crippen LogP contribution is 2.35. The molecule has 0 aliphatic heterocycles. The number of hydrogen-bond donors (Lipinski definition) is 1. The molecule has 3 rings (SSSR count). The maximum atomic E-state index is 13.1. The summed E-state index contributed by atoms with van der Waals surface area (Å²) in [5.41, 5.74) is 6.21. The summed E-state index contributed by atoms with van der Waals surface area (Å²) in [4.78, 5) is 4.23. The van der Waals surface area contributed by atoms with Gasteiger partial charge in [-0.3, -0.25) is 4.98 Å². The molecule has 0 aliphatic rings. The Balaban J connectivity index is 2.07. The van der Waals surface area contributed by atoms with E-state index in [9.17, 15) is 8.78 Å². The lowest BCUT2D eigenvalue weighted by Gasteiger charge is -2.12. The molecule has 2 aromatic carbocycles. The molecule has 0 fully saturated rings. The second kappa shape index (κ2) is 5.36.